The number of piperidine rings is 1. The minimum atomic E-state index is -3.69. The Kier molecular flexibility index (Phi) is 7.47. The summed E-state index contributed by atoms with van der Waals surface area (Å²) in [6, 6.07) is 10.3. The summed E-state index contributed by atoms with van der Waals surface area (Å²) < 4.78 is 32.8. The molecule has 0 bridgehead atoms. The number of ether oxygens (including phenoxy) is 1. The highest BCUT2D eigenvalue weighted by Gasteiger charge is 2.29. The van der Waals surface area contributed by atoms with Crippen molar-refractivity contribution in [3.63, 3.8) is 0 Å². The van der Waals surface area contributed by atoms with Crippen molar-refractivity contribution < 1.29 is 22.9 Å². The van der Waals surface area contributed by atoms with Crippen LogP contribution < -0.4 is 10.1 Å². The molecule has 1 atom stereocenters. The molecular weight excluding hydrogens is 434 g/mol. The van der Waals surface area contributed by atoms with Gasteiger partial charge in [-0.1, -0.05) is 19.1 Å². The molecule has 32 heavy (non-hydrogen) atoms. The highest BCUT2D eigenvalue weighted by molar-refractivity contribution is 7.89. The van der Waals surface area contributed by atoms with E-state index in [1.54, 1.807) is 13.0 Å². The molecule has 0 amide bonds. The molecule has 1 fully saturated rings. The first kappa shape index (κ1) is 23.7. The fraction of sp³-hybridized carbons (Fsp3) is 0.409. The number of nitrogens with zero attached hydrogens (tertiary/aromatic N) is 2. The third-order valence-electron chi connectivity index (χ3n) is 5.33. The zero-order valence-corrected chi connectivity index (χ0v) is 18.9. The van der Waals surface area contributed by atoms with Crippen LogP contribution in [0.2, 0.25) is 0 Å². The molecule has 0 spiro atoms. The summed E-state index contributed by atoms with van der Waals surface area (Å²) in [7, 11) is -3.69. The fourth-order valence-corrected chi connectivity index (χ4v) is 5.33. The van der Waals surface area contributed by atoms with Gasteiger partial charge in [0.15, 0.2) is 5.78 Å². The Hall–Kier alpha value is -2.98. The highest BCUT2D eigenvalue weighted by atomic mass is 32.2. The summed E-state index contributed by atoms with van der Waals surface area (Å²) in [5, 5.41) is 14.2. The van der Waals surface area contributed by atoms with Crippen LogP contribution in [0.4, 0.5) is 11.4 Å². The third kappa shape index (κ3) is 5.43. The van der Waals surface area contributed by atoms with Gasteiger partial charge in [0.05, 0.1) is 29.0 Å². The molecule has 0 aliphatic carbocycles. The number of sulfonamides is 1. The Morgan fingerprint density at radius 3 is 2.75 bits per heavy atom. The number of carbonyl (C=O) groups excluding carboxylic acids is 1. The Labute approximate surface area is 187 Å². The van der Waals surface area contributed by atoms with E-state index in [4.69, 9.17) is 4.74 Å². The van der Waals surface area contributed by atoms with E-state index in [1.165, 1.54) is 40.7 Å². The largest absolute Gasteiger partial charge is 0.494 e. The summed E-state index contributed by atoms with van der Waals surface area (Å²) >= 11 is 0. The highest BCUT2D eigenvalue weighted by Crippen LogP contribution is 2.29. The lowest BCUT2D eigenvalue weighted by molar-refractivity contribution is -0.384. The maximum absolute atomic E-state index is 13.0. The first-order valence-corrected chi connectivity index (χ1v) is 11.9. The van der Waals surface area contributed by atoms with Crippen LogP contribution >= 0.6 is 0 Å². The third-order valence-corrected chi connectivity index (χ3v) is 7.19. The van der Waals surface area contributed by atoms with E-state index in [2.05, 4.69) is 5.32 Å². The van der Waals surface area contributed by atoms with Crippen molar-refractivity contribution in [2.75, 3.05) is 31.6 Å². The Morgan fingerprint density at radius 1 is 1.28 bits per heavy atom. The lowest BCUT2D eigenvalue weighted by Crippen LogP contribution is -2.39. The number of nitro groups is 1. The molecule has 0 radical (unpaired) electrons. The molecule has 1 heterocycles. The van der Waals surface area contributed by atoms with Crippen LogP contribution in [0.25, 0.3) is 0 Å². The fourth-order valence-electron chi connectivity index (χ4n) is 3.69. The SMILES string of the molecule is CCOc1ccc(NCC(=O)c2cccc(S(=O)(=O)N3CCCC(C)C3)c2)c([N+](=O)[O-])c1. The first-order valence-electron chi connectivity index (χ1n) is 10.5. The van der Waals surface area contributed by atoms with Crippen LogP contribution in [0.5, 0.6) is 5.75 Å². The van der Waals surface area contributed by atoms with Gasteiger partial charge in [-0.2, -0.15) is 4.31 Å². The molecule has 3 rings (SSSR count). The van der Waals surface area contributed by atoms with Crippen molar-refractivity contribution in [1.82, 2.24) is 4.31 Å². The zero-order valence-electron chi connectivity index (χ0n) is 18.1. The molecule has 0 saturated carbocycles. The Morgan fingerprint density at radius 2 is 2.06 bits per heavy atom. The Bertz CT molecular complexity index is 1100. The second-order valence-electron chi connectivity index (χ2n) is 7.78. The minimum absolute atomic E-state index is 0.0736. The van der Waals surface area contributed by atoms with Gasteiger partial charge in [-0.25, -0.2) is 8.42 Å². The number of hydrogen-bond donors (Lipinski definition) is 1. The average molecular weight is 462 g/mol. The number of nitrogens with one attached hydrogen (secondary N) is 1. The smallest absolute Gasteiger partial charge is 0.296 e. The van der Waals surface area contributed by atoms with Gasteiger partial charge in [-0.15, -0.1) is 0 Å². The van der Waals surface area contributed by atoms with Gasteiger partial charge in [-0.05, 0) is 49.9 Å². The van der Waals surface area contributed by atoms with E-state index in [1.807, 2.05) is 6.92 Å². The summed E-state index contributed by atoms with van der Waals surface area (Å²) in [5.41, 5.74) is 0.189. The molecule has 1 aliphatic heterocycles. The summed E-state index contributed by atoms with van der Waals surface area (Å²) in [4.78, 5) is 23.6. The van der Waals surface area contributed by atoms with Gasteiger partial charge in [0.2, 0.25) is 10.0 Å². The van der Waals surface area contributed by atoms with Crippen LogP contribution in [-0.4, -0.2) is 49.7 Å². The van der Waals surface area contributed by atoms with E-state index < -0.39 is 14.9 Å². The molecule has 2 aromatic carbocycles. The van der Waals surface area contributed by atoms with Crippen LogP contribution in [-0.2, 0) is 10.0 Å². The average Bonchev–Trinajstić information content (AvgIpc) is 2.78. The van der Waals surface area contributed by atoms with E-state index in [0.29, 0.717) is 25.4 Å². The second-order valence-corrected chi connectivity index (χ2v) is 9.72. The van der Waals surface area contributed by atoms with Crippen LogP contribution in [0.3, 0.4) is 0 Å². The van der Waals surface area contributed by atoms with Crippen molar-refractivity contribution in [1.29, 1.82) is 0 Å². The zero-order chi connectivity index (χ0) is 23.3. The van der Waals surface area contributed by atoms with Gasteiger partial charge in [-0.3, -0.25) is 14.9 Å². The molecule has 2 aromatic rings. The summed E-state index contributed by atoms with van der Waals surface area (Å²) in [6.07, 6.45) is 1.80. The van der Waals surface area contributed by atoms with Crippen molar-refractivity contribution in [2.24, 2.45) is 5.92 Å². The molecule has 10 heteroatoms. The molecule has 1 aliphatic rings. The molecule has 1 N–H and O–H groups in total. The van der Waals surface area contributed by atoms with Gasteiger partial charge in [0.25, 0.3) is 5.69 Å². The van der Waals surface area contributed by atoms with Crippen LogP contribution in [0, 0.1) is 16.0 Å². The first-order chi connectivity index (χ1) is 15.2. The number of Topliss-reactive ketones (excluding diaryl/α,β-unsaturated/α-hetero) is 1. The second kappa shape index (κ2) is 10.1. The van der Waals surface area contributed by atoms with E-state index in [0.717, 1.165) is 12.8 Å². The number of hydrogen-bond acceptors (Lipinski definition) is 7. The predicted octanol–water partition coefficient (Wildman–Crippen LogP) is 3.71. The maximum Gasteiger partial charge on any atom is 0.296 e. The van der Waals surface area contributed by atoms with Crippen LogP contribution in [0.15, 0.2) is 47.4 Å². The molecule has 1 unspecified atom stereocenters. The van der Waals surface area contributed by atoms with E-state index in [9.17, 15) is 23.3 Å². The molecule has 172 valence electrons. The van der Waals surface area contributed by atoms with Crippen molar-refractivity contribution >= 4 is 27.2 Å². The number of carbonyl (C=O) groups is 1. The maximum atomic E-state index is 13.0. The van der Waals surface area contributed by atoms with Crippen LogP contribution in [0.1, 0.15) is 37.0 Å². The van der Waals surface area contributed by atoms with E-state index >= 15 is 0 Å². The molecule has 9 nitrogen and oxygen atoms in total. The number of nitro benzene ring substituents is 1. The summed E-state index contributed by atoms with van der Waals surface area (Å²) in [6.45, 7) is 4.87. The number of rotatable bonds is 9. The Balaban J connectivity index is 1.75. The monoisotopic (exact) mass is 461 g/mol. The molecule has 0 aromatic heterocycles. The number of ketones is 1. The quantitative estimate of drug-likeness (QED) is 0.343. The van der Waals surface area contributed by atoms with E-state index in [-0.39, 0.29) is 40.1 Å². The van der Waals surface area contributed by atoms with Crippen molar-refractivity contribution in [3.8, 4) is 5.75 Å². The lowest BCUT2D eigenvalue weighted by Gasteiger charge is -2.30. The van der Waals surface area contributed by atoms with Crippen molar-refractivity contribution in [2.45, 2.75) is 31.6 Å². The van der Waals surface area contributed by atoms with Gasteiger partial charge >= 0.3 is 0 Å². The number of benzene rings is 2. The van der Waals surface area contributed by atoms with Crippen molar-refractivity contribution in [3.05, 3.63) is 58.1 Å². The number of anilines is 1. The standard InChI is InChI=1S/C22H27N3O6S/c1-3-31-18-9-10-20(21(13-18)25(27)28)23-14-22(26)17-7-4-8-19(12-17)32(29,30)24-11-5-6-16(2)15-24/h4,7-10,12-13,16,23H,3,5-6,11,14-15H2,1-2H3. The molecular formula is C22H27N3O6S. The predicted molar refractivity (Wildman–Crippen MR) is 121 cm³/mol. The normalized spacial score (nSPS) is 17.0. The van der Waals surface area contributed by atoms with Gasteiger partial charge < -0.3 is 10.1 Å². The van der Waals surface area contributed by atoms with Gasteiger partial charge in [0.1, 0.15) is 11.4 Å². The molecule has 1 saturated heterocycles. The van der Waals surface area contributed by atoms with Gasteiger partial charge in [0, 0.05) is 18.7 Å². The lowest BCUT2D eigenvalue weighted by atomic mass is 10.0. The summed E-state index contributed by atoms with van der Waals surface area (Å²) in [5.74, 6) is 0.274. The minimum Gasteiger partial charge on any atom is -0.494 e. The topological polar surface area (TPSA) is 119 Å².